The van der Waals surface area contributed by atoms with E-state index in [-0.39, 0.29) is 17.3 Å². The van der Waals surface area contributed by atoms with E-state index in [0.29, 0.717) is 24.0 Å². The SMILES string of the molecule is COC(=O)c1oc2cc(F)ccc2c1C1CN(C(=O)OC(C)(C)C)C1. The third-order valence-electron chi connectivity index (χ3n) is 4.00. The fourth-order valence-corrected chi connectivity index (χ4v) is 2.88. The van der Waals surface area contributed by atoms with Crippen molar-refractivity contribution < 1.29 is 27.9 Å². The Morgan fingerprint density at radius 3 is 2.56 bits per heavy atom. The number of furan rings is 1. The Hall–Kier alpha value is -2.57. The molecular weight excluding hydrogens is 329 g/mol. The van der Waals surface area contributed by atoms with Crippen LogP contribution in [0, 0.1) is 5.82 Å². The predicted octanol–water partition coefficient (Wildman–Crippen LogP) is 3.69. The average molecular weight is 349 g/mol. The number of amides is 1. The van der Waals surface area contributed by atoms with Crippen LogP contribution in [-0.2, 0) is 9.47 Å². The second-order valence-electron chi connectivity index (χ2n) is 7.06. The summed E-state index contributed by atoms with van der Waals surface area (Å²) >= 11 is 0. The van der Waals surface area contributed by atoms with Gasteiger partial charge in [0.15, 0.2) is 0 Å². The molecule has 1 amide bonds. The van der Waals surface area contributed by atoms with E-state index in [0.717, 1.165) is 0 Å². The van der Waals surface area contributed by atoms with Crippen LogP contribution in [0.5, 0.6) is 0 Å². The largest absolute Gasteiger partial charge is 0.463 e. The number of hydrogen-bond acceptors (Lipinski definition) is 5. The summed E-state index contributed by atoms with van der Waals surface area (Å²) in [4.78, 5) is 25.7. The van der Waals surface area contributed by atoms with E-state index < -0.39 is 23.5 Å². The molecule has 0 bridgehead atoms. The van der Waals surface area contributed by atoms with Gasteiger partial charge in [-0.3, -0.25) is 0 Å². The Kier molecular flexibility index (Phi) is 4.18. The number of ether oxygens (including phenoxy) is 2. The van der Waals surface area contributed by atoms with Gasteiger partial charge in [0.25, 0.3) is 0 Å². The Morgan fingerprint density at radius 2 is 1.96 bits per heavy atom. The molecule has 25 heavy (non-hydrogen) atoms. The van der Waals surface area contributed by atoms with Gasteiger partial charge in [-0.2, -0.15) is 0 Å². The molecule has 2 aromatic rings. The fraction of sp³-hybridized carbons (Fsp3) is 0.444. The molecule has 1 aliphatic rings. The van der Waals surface area contributed by atoms with Crippen molar-refractivity contribution in [2.24, 2.45) is 0 Å². The standard InChI is InChI=1S/C18H20FNO5/c1-18(2,3)25-17(22)20-8-10(9-20)14-12-6-5-11(19)7-13(12)24-15(14)16(21)23-4/h5-7,10H,8-9H2,1-4H3. The summed E-state index contributed by atoms with van der Waals surface area (Å²) in [6.07, 6.45) is -0.401. The average Bonchev–Trinajstić information content (AvgIpc) is 2.81. The van der Waals surface area contributed by atoms with Crippen molar-refractivity contribution in [1.29, 1.82) is 0 Å². The predicted molar refractivity (Wildman–Crippen MR) is 88.1 cm³/mol. The fourth-order valence-electron chi connectivity index (χ4n) is 2.88. The highest BCUT2D eigenvalue weighted by atomic mass is 19.1. The molecule has 0 atom stereocenters. The highest BCUT2D eigenvalue weighted by molar-refractivity contribution is 5.96. The van der Waals surface area contributed by atoms with Gasteiger partial charge in [-0.15, -0.1) is 0 Å². The zero-order valence-electron chi connectivity index (χ0n) is 14.6. The number of nitrogens with zero attached hydrogens (tertiary/aromatic N) is 1. The van der Waals surface area contributed by atoms with Gasteiger partial charge in [0, 0.05) is 36.0 Å². The van der Waals surface area contributed by atoms with Gasteiger partial charge in [0.2, 0.25) is 5.76 Å². The lowest BCUT2D eigenvalue weighted by atomic mass is 9.89. The third kappa shape index (κ3) is 3.31. The van der Waals surface area contributed by atoms with Crippen LogP contribution in [0.15, 0.2) is 22.6 Å². The smallest absolute Gasteiger partial charge is 0.410 e. The minimum atomic E-state index is -0.623. The van der Waals surface area contributed by atoms with Crippen LogP contribution in [0.1, 0.15) is 42.8 Å². The zero-order chi connectivity index (χ0) is 18.4. The number of esters is 1. The molecule has 1 aromatic carbocycles. The molecule has 134 valence electrons. The minimum Gasteiger partial charge on any atom is -0.463 e. The molecule has 0 unspecified atom stereocenters. The van der Waals surface area contributed by atoms with Crippen LogP contribution in [0.4, 0.5) is 9.18 Å². The normalized spacial score (nSPS) is 15.2. The maximum atomic E-state index is 13.4. The molecule has 0 spiro atoms. The van der Waals surface area contributed by atoms with E-state index in [1.54, 1.807) is 31.7 Å². The van der Waals surface area contributed by atoms with Gasteiger partial charge in [-0.25, -0.2) is 14.0 Å². The van der Waals surface area contributed by atoms with Gasteiger partial charge >= 0.3 is 12.1 Å². The lowest BCUT2D eigenvalue weighted by Gasteiger charge is -2.39. The van der Waals surface area contributed by atoms with Crippen LogP contribution in [0.25, 0.3) is 11.0 Å². The van der Waals surface area contributed by atoms with E-state index in [4.69, 9.17) is 13.9 Å². The second kappa shape index (κ2) is 6.06. The first-order chi connectivity index (χ1) is 11.7. The molecule has 0 aliphatic carbocycles. The van der Waals surface area contributed by atoms with Gasteiger partial charge in [-0.05, 0) is 32.9 Å². The molecule has 3 rings (SSSR count). The first kappa shape index (κ1) is 17.3. The molecular formula is C18H20FNO5. The van der Waals surface area contributed by atoms with Crippen LogP contribution in [0.2, 0.25) is 0 Å². The topological polar surface area (TPSA) is 69.0 Å². The molecule has 0 N–H and O–H groups in total. The van der Waals surface area contributed by atoms with Crippen LogP contribution in [-0.4, -0.2) is 42.8 Å². The van der Waals surface area contributed by atoms with Gasteiger partial charge < -0.3 is 18.8 Å². The van der Waals surface area contributed by atoms with Crippen molar-refractivity contribution in [3.8, 4) is 0 Å². The van der Waals surface area contributed by atoms with Gasteiger partial charge in [-0.1, -0.05) is 0 Å². The molecule has 6 nitrogen and oxygen atoms in total. The second-order valence-corrected chi connectivity index (χ2v) is 7.06. The lowest BCUT2D eigenvalue weighted by molar-refractivity contribution is 0.00812. The number of halogens is 1. The summed E-state index contributed by atoms with van der Waals surface area (Å²) in [5, 5.41) is 0.649. The van der Waals surface area contributed by atoms with Crippen LogP contribution < -0.4 is 0 Å². The summed E-state index contributed by atoms with van der Waals surface area (Å²) in [6, 6.07) is 4.12. The molecule has 1 aromatic heterocycles. The summed E-state index contributed by atoms with van der Waals surface area (Å²) in [7, 11) is 1.26. The number of hydrogen-bond donors (Lipinski definition) is 0. The summed E-state index contributed by atoms with van der Waals surface area (Å²) < 4.78 is 29.0. The molecule has 2 heterocycles. The monoisotopic (exact) mass is 349 g/mol. The molecule has 1 saturated heterocycles. The third-order valence-corrected chi connectivity index (χ3v) is 4.00. The van der Waals surface area contributed by atoms with Crippen molar-refractivity contribution in [3.05, 3.63) is 35.3 Å². The number of fused-ring (bicyclic) bond motifs is 1. The first-order valence-electron chi connectivity index (χ1n) is 7.98. The number of likely N-dealkylation sites (tertiary alicyclic amines) is 1. The van der Waals surface area contributed by atoms with Crippen molar-refractivity contribution in [2.75, 3.05) is 20.2 Å². The molecule has 7 heteroatoms. The van der Waals surface area contributed by atoms with Crippen molar-refractivity contribution in [3.63, 3.8) is 0 Å². The van der Waals surface area contributed by atoms with E-state index >= 15 is 0 Å². The Morgan fingerprint density at radius 1 is 1.28 bits per heavy atom. The minimum absolute atomic E-state index is 0.0527. The number of methoxy groups -OCH3 is 1. The van der Waals surface area contributed by atoms with Gasteiger partial charge in [0.1, 0.15) is 17.0 Å². The van der Waals surface area contributed by atoms with Crippen molar-refractivity contribution in [1.82, 2.24) is 4.90 Å². The maximum absolute atomic E-state index is 13.4. The number of carbonyl (C=O) groups excluding carboxylic acids is 2. The van der Waals surface area contributed by atoms with E-state index in [2.05, 4.69) is 0 Å². The molecule has 0 saturated carbocycles. The molecule has 1 fully saturated rings. The Balaban J connectivity index is 1.87. The number of benzene rings is 1. The van der Waals surface area contributed by atoms with Crippen LogP contribution >= 0.6 is 0 Å². The first-order valence-corrected chi connectivity index (χ1v) is 7.98. The summed E-state index contributed by atoms with van der Waals surface area (Å²) in [5.74, 6) is -1.12. The molecule has 0 radical (unpaired) electrons. The molecule has 1 aliphatic heterocycles. The quantitative estimate of drug-likeness (QED) is 0.774. The van der Waals surface area contributed by atoms with Gasteiger partial charge in [0.05, 0.1) is 7.11 Å². The Labute approximate surface area is 144 Å². The van der Waals surface area contributed by atoms with E-state index in [9.17, 15) is 14.0 Å². The van der Waals surface area contributed by atoms with E-state index in [1.807, 2.05) is 0 Å². The Bertz CT molecular complexity index is 830. The van der Waals surface area contributed by atoms with Crippen molar-refractivity contribution >= 4 is 23.0 Å². The zero-order valence-corrected chi connectivity index (χ0v) is 14.6. The van der Waals surface area contributed by atoms with E-state index in [1.165, 1.54) is 19.2 Å². The van der Waals surface area contributed by atoms with Crippen LogP contribution in [0.3, 0.4) is 0 Å². The highest BCUT2D eigenvalue weighted by Crippen LogP contribution is 2.38. The number of carbonyl (C=O) groups is 2. The van der Waals surface area contributed by atoms with Crippen molar-refractivity contribution in [2.45, 2.75) is 32.3 Å². The summed E-state index contributed by atoms with van der Waals surface area (Å²) in [5.41, 5.74) is 0.354. The highest BCUT2D eigenvalue weighted by Gasteiger charge is 2.39. The number of rotatable bonds is 2. The lowest BCUT2D eigenvalue weighted by Crippen LogP contribution is -2.50. The maximum Gasteiger partial charge on any atom is 0.410 e. The summed E-state index contributed by atoms with van der Waals surface area (Å²) in [6.45, 7) is 6.19.